The summed E-state index contributed by atoms with van der Waals surface area (Å²) in [6, 6.07) is 3.47. The normalized spacial score (nSPS) is 16.0. The number of unbranched alkanes of at least 4 members (excludes halogenated alkanes) is 1. The van der Waals surface area contributed by atoms with Gasteiger partial charge in [0.15, 0.2) is 5.76 Å². The topological polar surface area (TPSA) is 64.2 Å². The lowest BCUT2D eigenvalue weighted by atomic mass is 9.96. The van der Waals surface area contributed by atoms with Crippen molar-refractivity contribution in [2.45, 2.75) is 45.6 Å². The van der Waals surface area contributed by atoms with Crippen LogP contribution in [0.2, 0.25) is 0 Å². The molecule has 3 heterocycles. The van der Waals surface area contributed by atoms with Gasteiger partial charge in [-0.1, -0.05) is 18.6 Å². The molecular formula is C17H24N4O2. The average Bonchev–Trinajstić information content (AvgIpc) is 3.25. The third-order valence-corrected chi connectivity index (χ3v) is 4.45. The van der Waals surface area contributed by atoms with Gasteiger partial charge >= 0.3 is 0 Å². The molecule has 1 aliphatic heterocycles. The van der Waals surface area contributed by atoms with E-state index in [0.29, 0.717) is 11.7 Å². The van der Waals surface area contributed by atoms with Gasteiger partial charge in [-0.2, -0.15) is 0 Å². The number of furan rings is 1. The summed E-state index contributed by atoms with van der Waals surface area (Å²) < 4.78 is 7.15. The second kappa shape index (κ2) is 7.44. The molecule has 23 heavy (non-hydrogen) atoms. The number of nitrogens with zero attached hydrogens (tertiary/aromatic N) is 4. The highest BCUT2D eigenvalue weighted by Gasteiger charge is 2.25. The van der Waals surface area contributed by atoms with E-state index in [2.05, 4.69) is 23.4 Å². The highest BCUT2D eigenvalue weighted by molar-refractivity contribution is 5.91. The van der Waals surface area contributed by atoms with Gasteiger partial charge in [-0.05, 0) is 43.7 Å². The molecule has 1 saturated heterocycles. The van der Waals surface area contributed by atoms with E-state index in [4.69, 9.17) is 4.42 Å². The Bertz CT molecular complexity index is 612. The molecular weight excluding hydrogens is 292 g/mol. The molecule has 1 fully saturated rings. The highest BCUT2D eigenvalue weighted by atomic mass is 16.3. The summed E-state index contributed by atoms with van der Waals surface area (Å²) in [7, 11) is 0. The summed E-state index contributed by atoms with van der Waals surface area (Å²) in [6.45, 7) is 4.63. The Morgan fingerprint density at radius 1 is 1.39 bits per heavy atom. The summed E-state index contributed by atoms with van der Waals surface area (Å²) in [5, 5.41) is 8.46. The van der Waals surface area contributed by atoms with Crippen molar-refractivity contribution in [2.75, 3.05) is 13.1 Å². The Hall–Kier alpha value is -2.11. The Kier molecular flexibility index (Phi) is 5.10. The van der Waals surface area contributed by atoms with E-state index in [1.165, 1.54) is 6.42 Å². The zero-order chi connectivity index (χ0) is 16.1. The Balaban J connectivity index is 1.47. The van der Waals surface area contributed by atoms with Crippen LogP contribution >= 0.6 is 0 Å². The van der Waals surface area contributed by atoms with Gasteiger partial charge in [0.2, 0.25) is 0 Å². The molecule has 6 heteroatoms. The number of hydrogen-bond acceptors (Lipinski definition) is 4. The minimum atomic E-state index is -0.00365. The first-order valence-electron chi connectivity index (χ1n) is 8.48. The Morgan fingerprint density at radius 3 is 2.91 bits per heavy atom. The van der Waals surface area contributed by atoms with Crippen LogP contribution in [0.5, 0.6) is 0 Å². The van der Waals surface area contributed by atoms with Gasteiger partial charge in [0.25, 0.3) is 5.91 Å². The SMILES string of the molecule is CCCCc1cn(CC2CCN(C(=O)c3ccco3)CC2)nn1. The van der Waals surface area contributed by atoms with Crippen LogP contribution in [0.15, 0.2) is 29.0 Å². The lowest BCUT2D eigenvalue weighted by molar-refractivity contribution is 0.0649. The number of carbonyl (C=O) groups excluding carboxylic acids is 1. The molecule has 0 radical (unpaired) electrons. The molecule has 3 rings (SSSR count). The maximum absolute atomic E-state index is 12.2. The second-order valence-corrected chi connectivity index (χ2v) is 6.25. The van der Waals surface area contributed by atoms with Crippen molar-refractivity contribution in [2.24, 2.45) is 5.92 Å². The van der Waals surface area contributed by atoms with Crippen LogP contribution in [0.25, 0.3) is 0 Å². The quantitative estimate of drug-likeness (QED) is 0.822. The van der Waals surface area contributed by atoms with Crippen molar-refractivity contribution in [3.8, 4) is 0 Å². The van der Waals surface area contributed by atoms with Crippen molar-refractivity contribution in [1.29, 1.82) is 0 Å². The minimum absolute atomic E-state index is 0.00365. The maximum atomic E-state index is 12.2. The lowest BCUT2D eigenvalue weighted by Gasteiger charge is -2.31. The number of rotatable bonds is 6. The molecule has 0 aromatic carbocycles. The van der Waals surface area contributed by atoms with E-state index in [9.17, 15) is 4.79 Å². The zero-order valence-electron chi connectivity index (χ0n) is 13.6. The molecule has 124 valence electrons. The smallest absolute Gasteiger partial charge is 0.289 e. The fourth-order valence-electron chi connectivity index (χ4n) is 3.04. The van der Waals surface area contributed by atoms with Crippen molar-refractivity contribution < 1.29 is 9.21 Å². The molecule has 0 saturated carbocycles. The highest BCUT2D eigenvalue weighted by Crippen LogP contribution is 2.20. The van der Waals surface area contributed by atoms with Gasteiger partial charge in [-0.3, -0.25) is 9.48 Å². The first kappa shape index (κ1) is 15.8. The van der Waals surface area contributed by atoms with Gasteiger partial charge in [0.1, 0.15) is 0 Å². The predicted octanol–water partition coefficient (Wildman–Crippen LogP) is 2.77. The number of aryl methyl sites for hydroxylation is 1. The van der Waals surface area contributed by atoms with Gasteiger partial charge in [-0.15, -0.1) is 5.10 Å². The van der Waals surface area contributed by atoms with Crippen LogP contribution in [0.4, 0.5) is 0 Å². The van der Waals surface area contributed by atoms with Gasteiger partial charge in [-0.25, -0.2) is 0 Å². The molecule has 1 amide bonds. The average molecular weight is 316 g/mol. The lowest BCUT2D eigenvalue weighted by Crippen LogP contribution is -2.39. The molecule has 0 bridgehead atoms. The second-order valence-electron chi connectivity index (χ2n) is 6.25. The van der Waals surface area contributed by atoms with Crippen molar-refractivity contribution in [1.82, 2.24) is 19.9 Å². The van der Waals surface area contributed by atoms with Gasteiger partial charge in [0.05, 0.1) is 12.0 Å². The fraction of sp³-hybridized carbons (Fsp3) is 0.588. The maximum Gasteiger partial charge on any atom is 0.289 e. The summed E-state index contributed by atoms with van der Waals surface area (Å²) in [5.41, 5.74) is 1.08. The first-order chi connectivity index (χ1) is 11.3. The predicted molar refractivity (Wildman–Crippen MR) is 86.0 cm³/mol. The van der Waals surface area contributed by atoms with E-state index in [-0.39, 0.29) is 5.91 Å². The number of carbonyl (C=O) groups is 1. The molecule has 2 aromatic rings. The monoisotopic (exact) mass is 316 g/mol. The van der Waals surface area contributed by atoms with Crippen LogP contribution < -0.4 is 0 Å². The van der Waals surface area contributed by atoms with Crippen LogP contribution in [0.1, 0.15) is 48.9 Å². The van der Waals surface area contributed by atoms with Crippen molar-refractivity contribution >= 4 is 5.91 Å². The summed E-state index contributed by atoms with van der Waals surface area (Å²) in [4.78, 5) is 14.1. The first-order valence-corrected chi connectivity index (χ1v) is 8.48. The Morgan fingerprint density at radius 2 is 2.22 bits per heavy atom. The Labute approximate surface area is 136 Å². The van der Waals surface area contributed by atoms with Crippen molar-refractivity contribution in [3.05, 3.63) is 36.0 Å². The van der Waals surface area contributed by atoms with Crippen molar-refractivity contribution in [3.63, 3.8) is 0 Å². The number of piperidine rings is 1. The molecule has 6 nitrogen and oxygen atoms in total. The zero-order valence-corrected chi connectivity index (χ0v) is 13.6. The number of amides is 1. The molecule has 0 N–H and O–H groups in total. The van der Waals surface area contributed by atoms with E-state index in [1.807, 2.05) is 9.58 Å². The largest absolute Gasteiger partial charge is 0.459 e. The minimum Gasteiger partial charge on any atom is -0.459 e. The molecule has 0 atom stereocenters. The van der Waals surface area contributed by atoms with Crippen LogP contribution in [0.3, 0.4) is 0 Å². The molecule has 2 aromatic heterocycles. The van der Waals surface area contributed by atoms with Crippen LogP contribution in [-0.2, 0) is 13.0 Å². The molecule has 0 aliphatic carbocycles. The van der Waals surface area contributed by atoms with E-state index < -0.39 is 0 Å². The van der Waals surface area contributed by atoms with E-state index in [1.54, 1.807) is 18.4 Å². The van der Waals surface area contributed by atoms with Gasteiger partial charge in [0, 0.05) is 25.8 Å². The molecule has 0 unspecified atom stereocenters. The van der Waals surface area contributed by atoms with E-state index in [0.717, 1.165) is 51.0 Å². The fourth-order valence-corrected chi connectivity index (χ4v) is 3.04. The molecule has 1 aliphatic rings. The number of likely N-dealkylation sites (tertiary alicyclic amines) is 1. The van der Waals surface area contributed by atoms with Crippen LogP contribution in [0, 0.1) is 5.92 Å². The summed E-state index contributed by atoms with van der Waals surface area (Å²) in [6.07, 6.45) is 8.94. The van der Waals surface area contributed by atoms with E-state index >= 15 is 0 Å². The summed E-state index contributed by atoms with van der Waals surface area (Å²) in [5.74, 6) is 0.979. The standard InChI is InChI=1S/C17H24N4O2/c1-2-3-5-15-13-21(19-18-15)12-14-7-9-20(10-8-14)17(22)16-6-4-11-23-16/h4,6,11,13-14H,2-3,5,7-10,12H2,1H3. The molecule has 0 spiro atoms. The summed E-state index contributed by atoms with van der Waals surface area (Å²) >= 11 is 0. The van der Waals surface area contributed by atoms with Gasteiger partial charge < -0.3 is 9.32 Å². The number of hydrogen-bond donors (Lipinski definition) is 0. The number of aromatic nitrogens is 3. The third-order valence-electron chi connectivity index (χ3n) is 4.45. The third kappa shape index (κ3) is 4.00. The van der Waals surface area contributed by atoms with Crippen LogP contribution in [-0.4, -0.2) is 38.9 Å².